The van der Waals surface area contributed by atoms with Crippen molar-refractivity contribution in [2.45, 2.75) is 39.5 Å². The standard InChI is InChI=1S/C16H19FINO4.C12H13FINO3.C11H13FINO.C11H14FNO.C7H5FO/c1-2-23-15(21)9-14(20)12-7-11(8-13(18)16(12)17)10-19-3-5-22-6-4-19;13-11-9(12(16)17)5-8(6-10(11)14)7-15-1-3-18-4-2-15;12-10-2-1-9(7-11(10)13)8-14-3-5-15-6-4-14;12-11-3-1-10(2-4-11)9-13-5-7-14-8-6-13;8-7-3-1-6(5-9)2-4-7/h7-8H,2-6,9-10H2,1H3;5-6H,1-4,7H2,(H,16,17);1-2,7H,3-6,8H2;1-4H,5-9H2;1-5H. The number of hydrogen-bond donors (Lipinski definition) is 1. The summed E-state index contributed by atoms with van der Waals surface area (Å²) in [5, 5.41) is 8.94. The van der Waals surface area contributed by atoms with E-state index >= 15 is 0 Å². The van der Waals surface area contributed by atoms with Gasteiger partial charge < -0.3 is 28.8 Å². The van der Waals surface area contributed by atoms with Crippen LogP contribution in [0.4, 0.5) is 22.0 Å². The van der Waals surface area contributed by atoms with Crippen molar-refractivity contribution in [2.75, 3.05) is 112 Å². The Morgan fingerprint density at radius 2 is 0.886 bits per heavy atom. The largest absolute Gasteiger partial charge is 0.478 e. The molecule has 5 aromatic carbocycles. The highest BCUT2D eigenvalue weighted by Gasteiger charge is 2.22. The minimum absolute atomic E-state index is 0.0480. The Labute approximate surface area is 498 Å². The summed E-state index contributed by atoms with van der Waals surface area (Å²) in [7, 11) is 0. The van der Waals surface area contributed by atoms with Crippen LogP contribution in [-0.2, 0) is 54.7 Å². The van der Waals surface area contributed by atoms with E-state index in [1.54, 1.807) is 19.1 Å². The summed E-state index contributed by atoms with van der Waals surface area (Å²) in [6, 6.07) is 23.7. The summed E-state index contributed by atoms with van der Waals surface area (Å²) in [5.74, 6) is -4.28. The lowest BCUT2D eigenvalue weighted by Crippen LogP contribution is -2.35. The number of nitrogens with zero attached hydrogens (tertiary/aromatic N) is 4. The lowest BCUT2D eigenvalue weighted by atomic mass is 10.0. The number of aldehydes is 1. The van der Waals surface area contributed by atoms with Gasteiger partial charge in [0.1, 0.15) is 36.0 Å². The number of carboxylic acid groups (broad SMARTS) is 1. The first kappa shape index (κ1) is 65.7. The molecule has 4 heterocycles. The first-order valence-corrected chi connectivity index (χ1v) is 28.7. The fourth-order valence-electron chi connectivity index (χ4n) is 8.11. The van der Waals surface area contributed by atoms with Crippen LogP contribution in [0.3, 0.4) is 0 Å². The maximum Gasteiger partial charge on any atom is 0.338 e. The van der Waals surface area contributed by atoms with Gasteiger partial charge in [0.05, 0.1) is 70.6 Å². The Hall–Kier alpha value is -4.10. The normalized spacial score (nSPS) is 16.0. The van der Waals surface area contributed by atoms with Crippen LogP contribution in [-0.4, -0.2) is 161 Å². The molecule has 0 bridgehead atoms. The molecule has 428 valence electrons. The number of carbonyl (C=O) groups is 4. The quantitative estimate of drug-likeness (QED) is 0.0281. The predicted molar refractivity (Wildman–Crippen MR) is 312 cm³/mol. The Balaban J connectivity index is 0.000000187. The molecule has 0 radical (unpaired) electrons. The fourth-order valence-corrected chi connectivity index (χ4v) is 10.1. The minimum Gasteiger partial charge on any atom is -0.478 e. The maximum absolute atomic E-state index is 14.2. The number of hydrogen-bond acceptors (Lipinski definition) is 13. The van der Waals surface area contributed by atoms with Gasteiger partial charge in [-0.1, -0.05) is 18.2 Å². The van der Waals surface area contributed by atoms with Gasteiger partial charge in [-0.25, -0.2) is 26.7 Å². The molecule has 5 aromatic rings. The minimum atomic E-state index is -1.23. The zero-order valence-electron chi connectivity index (χ0n) is 43.7. The Kier molecular flexibility index (Phi) is 29.7. The molecule has 0 atom stereocenters. The molecule has 0 saturated carbocycles. The lowest BCUT2D eigenvalue weighted by Gasteiger charge is -2.26. The Morgan fingerprint density at radius 3 is 1.29 bits per heavy atom. The van der Waals surface area contributed by atoms with Crippen LogP contribution in [0.5, 0.6) is 0 Å². The smallest absolute Gasteiger partial charge is 0.338 e. The van der Waals surface area contributed by atoms with Gasteiger partial charge in [-0.15, -0.1) is 0 Å². The van der Waals surface area contributed by atoms with E-state index in [0.717, 1.165) is 109 Å². The average Bonchev–Trinajstić information content (AvgIpc) is 3.46. The van der Waals surface area contributed by atoms with Gasteiger partial charge in [0.2, 0.25) is 0 Å². The predicted octanol–water partition coefficient (Wildman–Crippen LogP) is 9.92. The molecule has 1 N–H and O–H groups in total. The van der Waals surface area contributed by atoms with E-state index in [1.165, 1.54) is 60.2 Å². The molecule has 0 aliphatic carbocycles. The summed E-state index contributed by atoms with van der Waals surface area (Å²) in [6.07, 6.45) is 0.237. The van der Waals surface area contributed by atoms with Crippen molar-refractivity contribution >= 4 is 91.8 Å². The van der Waals surface area contributed by atoms with Crippen LogP contribution in [0, 0.1) is 39.8 Å². The van der Waals surface area contributed by atoms with Gasteiger partial charge in [-0.2, -0.15) is 0 Å². The number of aromatic carboxylic acids is 1. The highest BCUT2D eigenvalue weighted by atomic mass is 127. The van der Waals surface area contributed by atoms with E-state index in [9.17, 15) is 41.1 Å². The second-order valence-corrected chi connectivity index (χ2v) is 21.7. The van der Waals surface area contributed by atoms with Crippen LogP contribution in [0.25, 0.3) is 0 Å². The van der Waals surface area contributed by atoms with Gasteiger partial charge in [0, 0.05) is 94.8 Å². The first-order chi connectivity index (χ1) is 38.0. The van der Waals surface area contributed by atoms with Gasteiger partial charge in [-0.3, -0.25) is 34.0 Å². The van der Waals surface area contributed by atoms with Crippen LogP contribution in [0.1, 0.15) is 66.7 Å². The van der Waals surface area contributed by atoms with E-state index in [4.69, 9.17) is 28.8 Å². The number of ether oxygens (including phenoxy) is 5. The summed E-state index contributed by atoms with van der Waals surface area (Å²) >= 11 is 5.71. The highest BCUT2D eigenvalue weighted by Crippen LogP contribution is 2.23. The number of halogens is 8. The van der Waals surface area contributed by atoms with E-state index < -0.39 is 35.8 Å². The summed E-state index contributed by atoms with van der Waals surface area (Å²) in [6.45, 7) is 17.9. The van der Waals surface area contributed by atoms with Crippen LogP contribution in [0.2, 0.25) is 0 Å². The number of rotatable bonds is 14. The summed E-state index contributed by atoms with van der Waals surface area (Å²) in [4.78, 5) is 53.5. The molecule has 4 saturated heterocycles. The van der Waals surface area contributed by atoms with Crippen molar-refractivity contribution in [3.8, 4) is 0 Å². The maximum atomic E-state index is 14.2. The molecular weight excluding hydrogens is 1380 g/mol. The molecule has 14 nitrogen and oxygen atoms in total. The third-order valence-electron chi connectivity index (χ3n) is 12.3. The average molecular weight is 1440 g/mol. The van der Waals surface area contributed by atoms with Gasteiger partial charge in [-0.05, 0) is 170 Å². The van der Waals surface area contributed by atoms with Gasteiger partial charge >= 0.3 is 11.9 Å². The number of benzene rings is 5. The molecular formula is C57H64F5I3N4O10. The molecule has 4 aliphatic heterocycles. The van der Waals surface area contributed by atoms with Crippen molar-refractivity contribution in [2.24, 2.45) is 0 Å². The van der Waals surface area contributed by atoms with Gasteiger partial charge in [0.25, 0.3) is 0 Å². The lowest BCUT2D eigenvalue weighted by molar-refractivity contribution is -0.141. The summed E-state index contributed by atoms with van der Waals surface area (Å²) in [5.41, 5.74) is 4.19. The molecule has 79 heavy (non-hydrogen) atoms. The molecule has 9 rings (SSSR count). The van der Waals surface area contributed by atoms with Crippen molar-refractivity contribution < 1.29 is 69.9 Å². The Morgan fingerprint density at radius 1 is 0.519 bits per heavy atom. The topological polar surface area (TPSA) is 148 Å². The summed E-state index contributed by atoms with van der Waals surface area (Å²) < 4.78 is 92.8. The van der Waals surface area contributed by atoms with Crippen LogP contribution in [0.15, 0.2) is 91.0 Å². The number of ketones is 1. The van der Waals surface area contributed by atoms with Crippen molar-refractivity contribution in [1.82, 2.24) is 19.6 Å². The monoisotopic (exact) mass is 1440 g/mol. The number of Topliss-reactive ketones (excluding diaryl/α,β-unsaturated/α-hetero) is 1. The first-order valence-electron chi connectivity index (χ1n) is 25.5. The Bertz CT molecular complexity index is 2710. The fraction of sp³-hybridized carbons (Fsp3) is 0.404. The molecule has 4 aliphatic rings. The molecule has 4 fully saturated rings. The SMILES string of the molecule is CCOC(=O)CC(=O)c1cc(CN2CCOCC2)cc(I)c1F.Fc1ccc(CN2CCOCC2)cc1.Fc1ccc(CN2CCOCC2)cc1I.O=C(O)c1cc(CN2CCOCC2)cc(I)c1F.O=Cc1ccc(F)cc1. The third kappa shape index (κ3) is 24.1. The molecule has 0 spiro atoms. The number of carboxylic acids is 1. The molecule has 0 amide bonds. The van der Waals surface area contributed by atoms with Crippen molar-refractivity contribution in [3.63, 3.8) is 0 Å². The van der Waals surface area contributed by atoms with Crippen LogP contribution >= 0.6 is 67.8 Å². The van der Waals surface area contributed by atoms with Crippen molar-refractivity contribution in [1.29, 1.82) is 0 Å². The van der Waals surface area contributed by atoms with E-state index in [2.05, 4.69) is 19.6 Å². The van der Waals surface area contributed by atoms with Crippen LogP contribution < -0.4 is 0 Å². The van der Waals surface area contributed by atoms with Gasteiger partial charge in [0.15, 0.2) is 11.6 Å². The molecule has 0 aromatic heterocycles. The van der Waals surface area contributed by atoms with E-state index in [1.807, 2.05) is 92.0 Å². The number of carbonyl (C=O) groups excluding carboxylic acids is 3. The highest BCUT2D eigenvalue weighted by molar-refractivity contribution is 14.1. The second-order valence-electron chi connectivity index (χ2n) is 18.2. The van der Waals surface area contributed by atoms with E-state index in [-0.39, 0.29) is 35.2 Å². The zero-order chi connectivity index (χ0) is 57.1. The number of morpholine rings is 4. The molecule has 22 heteroatoms. The number of esters is 1. The third-order valence-corrected chi connectivity index (χ3v) is 14.7. The molecule has 0 unspecified atom stereocenters. The zero-order valence-corrected chi connectivity index (χ0v) is 50.2. The van der Waals surface area contributed by atoms with E-state index in [0.29, 0.717) is 62.1 Å². The second kappa shape index (κ2) is 35.7. The van der Waals surface area contributed by atoms with Crippen molar-refractivity contribution in [3.05, 3.63) is 170 Å².